The van der Waals surface area contributed by atoms with Gasteiger partial charge in [-0.25, -0.2) is 0 Å². The Bertz CT molecular complexity index is 725. The Morgan fingerprint density at radius 3 is 2.79 bits per heavy atom. The highest BCUT2D eigenvalue weighted by Gasteiger charge is 2.24. The van der Waals surface area contributed by atoms with Gasteiger partial charge < -0.3 is 19.3 Å². The minimum absolute atomic E-state index is 0.171. The van der Waals surface area contributed by atoms with Gasteiger partial charge in [0.25, 0.3) is 0 Å². The molecular formula is C19H20O5. The van der Waals surface area contributed by atoms with Crippen molar-refractivity contribution in [1.29, 1.82) is 0 Å². The van der Waals surface area contributed by atoms with Gasteiger partial charge in [-0.1, -0.05) is 31.2 Å². The highest BCUT2D eigenvalue weighted by Crippen LogP contribution is 2.36. The van der Waals surface area contributed by atoms with Crippen LogP contribution in [0.25, 0.3) is 0 Å². The van der Waals surface area contributed by atoms with Crippen molar-refractivity contribution in [3.05, 3.63) is 53.6 Å². The van der Waals surface area contributed by atoms with Crippen LogP contribution in [0.15, 0.2) is 42.5 Å². The van der Waals surface area contributed by atoms with Crippen LogP contribution in [0.3, 0.4) is 0 Å². The van der Waals surface area contributed by atoms with Gasteiger partial charge in [-0.05, 0) is 42.2 Å². The first-order chi connectivity index (χ1) is 11.7. The summed E-state index contributed by atoms with van der Waals surface area (Å²) < 4.78 is 16.4. The number of carbonyl (C=O) groups is 1. The normalized spacial score (nSPS) is 13.5. The fourth-order valence-corrected chi connectivity index (χ4v) is 2.72. The van der Waals surface area contributed by atoms with E-state index in [9.17, 15) is 9.90 Å². The van der Waals surface area contributed by atoms with E-state index in [1.54, 1.807) is 18.2 Å². The van der Waals surface area contributed by atoms with Gasteiger partial charge in [0.2, 0.25) is 6.79 Å². The molecule has 0 fully saturated rings. The third-order valence-electron chi connectivity index (χ3n) is 3.96. The topological polar surface area (TPSA) is 65.0 Å². The molecule has 0 saturated carbocycles. The molecule has 5 nitrogen and oxygen atoms in total. The number of rotatable bonds is 7. The van der Waals surface area contributed by atoms with Crippen LogP contribution in [-0.4, -0.2) is 24.5 Å². The SMILES string of the molecule is CCCOc1ccccc1CC(C(=O)O)c1ccc2c(c1)OCO2. The minimum atomic E-state index is -0.876. The molecule has 1 atom stereocenters. The number of hydrogen-bond donors (Lipinski definition) is 1. The second-order valence-corrected chi connectivity index (χ2v) is 5.66. The summed E-state index contributed by atoms with van der Waals surface area (Å²) in [6.07, 6.45) is 1.26. The van der Waals surface area contributed by atoms with Crippen molar-refractivity contribution < 1.29 is 24.1 Å². The van der Waals surface area contributed by atoms with E-state index in [4.69, 9.17) is 14.2 Å². The van der Waals surface area contributed by atoms with E-state index >= 15 is 0 Å². The minimum Gasteiger partial charge on any atom is -0.493 e. The number of carboxylic acids is 1. The third kappa shape index (κ3) is 3.45. The lowest BCUT2D eigenvalue weighted by Crippen LogP contribution is -2.15. The molecule has 3 rings (SSSR count). The summed E-state index contributed by atoms with van der Waals surface area (Å²) in [5.74, 6) is 0.431. The largest absolute Gasteiger partial charge is 0.493 e. The number of hydrogen-bond acceptors (Lipinski definition) is 4. The van der Waals surface area contributed by atoms with Crippen LogP contribution in [-0.2, 0) is 11.2 Å². The fourth-order valence-electron chi connectivity index (χ4n) is 2.72. The van der Waals surface area contributed by atoms with E-state index in [1.165, 1.54) is 0 Å². The second-order valence-electron chi connectivity index (χ2n) is 5.66. The summed E-state index contributed by atoms with van der Waals surface area (Å²) in [6.45, 7) is 2.82. The third-order valence-corrected chi connectivity index (χ3v) is 3.96. The van der Waals surface area contributed by atoms with Gasteiger partial charge in [-0.2, -0.15) is 0 Å². The Morgan fingerprint density at radius 2 is 2.00 bits per heavy atom. The predicted octanol–water partition coefficient (Wildman–Crippen LogP) is 3.62. The van der Waals surface area contributed by atoms with Gasteiger partial charge in [0.05, 0.1) is 12.5 Å². The number of carboxylic acid groups (broad SMARTS) is 1. The average molecular weight is 328 g/mol. The van der Waals surface area contributed by atoms with Gasteiger partial charge in [-0.15, -0.1) is 0 Å². The zero-order chi connectivity index (χ0) is 16.9. The first-order valence-electron chi connectivity index (χ1n) is 8.02. The average Bonchev–Trinajstić information content (AvgIpc) is 3.06. The van der Waals surface area contributed by atoms with Crippen LogP contribution in [0.2, 0.25) is 0 Å². The zero-order valence-corrected chi connectivity index (χ0v) is 13.5. The second kappa shape index (κ2) is 7.25. The molecule has 2 aromatic rings. The molecule has 0 aliphatic carbocycles. The fraction of sp³-hybridized carbons (Fsp3) is 0.316. The van der Waals surface area contributed by atoms with Crippen LogP contribution in [0.1, 0.15) is 30.4 Å². The lowest BCUT2D eigenvalue weighted by atomic mass is 9.91. The summed E-state index contributed by atoms with van der Waals surface area (Å²) in [5, 5.41) is 9.69. The number of benzene rings is 2. The summed E-state index contributed by atoms with van der Waals surface area (Å²) in [4.78, 5) is 11.8. The van der Waals surface area contributed by atoms with Crippen molar-refractivity contribution in [3.63, 3.8) is 0 Å². The van der Waals surface area contributed by atoms with E-state index in [0.717, 1.165) is 17.7 Å². The molecule has 0 bridgehead atoms. The lowest BCUT2D eigenvalue weighted by Gasteiger charge is -2.16. The number of ether oxygens (including phenoxy) is 3. The Morgan fingerprint density at radius 1 is 1.21 bits per heavy atom. The molecular weight excluding hydrogens is 308 g/mol. The Balaban J connectivity index is 1.86. The monoisotopic (exact) mass is 328 g/mol. The molecule has 0 saturated heterocycles. The van der Waals surface area contributed by atoms with Crippen molar-refractivity contribution in [1.82, 2.24) is 0 Å². The number of fused-ring (bicyclic) bond motifs is 1. The van der Waals surface area contributed by atoms with E-state index < -0.39 is 11.9 Å². The Hall–Kier alpha value is -2.69. The molecule has 1 aliphatic heterocycles. The van der Waals surface area contributed by atoms with Crippen LogP contribution in [0.5, 0.6) is 17.2 Å². The molecule has 1 aliphatic rings. The van der Waals surface area contributed by atoms with Crippen molar-refractivity contribution in [2.75, 3.05) is 13.4 Å². The molecule has 1 unspecified atom stereocenters. The number of para-hydroxylation sites is 1. The molecule has 1 N–H and O–H groups in total. The molecule has 0 amide bonds. The quantitative estimate of drug-likeness (QED) is 0.841. The van der Waals surface area contributed by atoms with Gasteiger partial charge in [0, 0.05) is 0 Å². The molecule has 0 radical (unpaired) electrons. The summed E-state index contributed by atoms with van der Waals surface area (Å²) >= 11 is 0. The zero-order valence-electron chi connectivity index (χ0n) is 13.5. The van der Waals surface area contributed by atoms with Crippen LogP contribution < -0.4 is 14.2 Å². The highest BCUT2D eigenvalue weighted by atomic mass is 16.7. The lowest BCUT2D eigenvalue weighted by molar-refractivity contribution is -0.138. The molecule has 2 aromatic carbocycles. The van der Waals surface area contributed by atoms with Crippen molar-refractivity contribution in [2.24, 2.45) is 0 Å². The molecule has 0 aromatic heterocycles. The smallest absolute Gasteiger partial charge is 0.311 e. The molecule has 5 heteroatoms. The van der Waals surface area contributed by atoms with Gasteiger partial charge in [0.15, 0.2) is 11.5 Å². The maximum atomic E-state index is 11.8. The number of aliphatic carboxylic acids is 1. The highest BCUT2D eigenvalue weighted by molar-refractivity contribution is 5.77. The predicted molar refractivity (Wildman–Crippen MR) is 88.9 cm³/mol. The molecule has 0 spiro atoms. The molecule has 1 heterocycles. The van der Waals surface area contributed by atoms with Crippen molar-refractivity contribution >= 4 is 5.97 Å². The standard InChI is InChI=1S/C19H20O5/c1-2-9-22-16-6-4-3-5-14(16)10-15(19(20)21)13-7-8-17-18(11-13)24-12-23-17/h3-8,11,15H,2,9-10,12H2,1H3,(H,20,21). The van der Waals surface area contributed by atoms with E-state index in [2.05, 4.69) is 0 Å². The summed E-state index contributed by atoms with van der Waals surface area (Å²) in [5.41, 5.74) is 1.58. The van der Waals surface area contributed by atoms with Crippen molar-refractivity contribution in [2.45, 2.75) is 25.7 Å². The van der Waals surface area contributed by atoms with Gasteiger partial charge >= 0.3 is 5.97 Å². The van der Waals surface area contributed by atoms with E-state index in [-0.39, 0.29) is 6.79 Å². The van der Waals surface area contributed by atoms with Gasteiger partial charge in [-0.3, -0.25) is 4.79 Å². The van der Waals surface area contributed by atoms with Crippen molar-refractivity contribution in [3.8, 4) is 17.2 Å². The van der Waals surface area contributed by atoms with Gasteiger partial charge in [0.1, 0.15) is 5.75 Å². The van der Waals surface area contributed by atoms with Crippen LogP contribution in [0.4, 0.5) is 0 Å². The van der Waals surface area contributed by atoms with Crippen LogP contribution >= 0.6 is 0 Å². The molecule has 126 valence electrons. The maximum absolute atomic E-state index is 11.8. The molecule has 24 heavy (non-hydrogen) atoms. The summed E-state index contributed by atoms with van der Waals surface area (Å²) in [6, 6.07) is 12.9. The first-order valence-corrected chi connectivity index (χ1v) is 8.02. The Labute approximate surface area is 140 Å². The summed E-state index contributed by atoms with van der Waals surface area (Å²) in [7, 11) is 0. The van der Waals surface area contributed by atoms with E-state index in [0.29, 0.717) is 30.1 Å². The van der Waals surface area contributed by atoms with E-state index in [1.807, 2.05) is 31.2 Å². The maximum Gasteiger partial charge on any atom is 0.311 e. The first kappa shape index (κ1) is 16.2. The van der Waals surface area contributed by atoms with Crippen LogP contribution in [0, 0.1) is 0 Å². The Kier molecular flexibility index (Phi) is 4.89.